The number of alkyl halides is 3. The first-order valence-electron chi connectivity index (χ1n) is 8.99. The van der Waals surface area contributed by atoms with Gasteiger partial charge in [-0.2, -0.15) is 11.3 Å². The molecule has 1 aliphatic rings. The highest BCUT2D eigenvalue weighted by Crippen LogP contribution is 2.41. The smallest absolute Gasteiger partial charge is 0.406 e. The third kappa shape index (κ3) is 3.88. The number of rotatable bonds is 5. The van der Waals surface area contributed by atoms with Crippen molar-refractivity contribution in [1.82, 2.24) is 9.88 Å². The van der Waals surface area contributed by atoms with Crippen LogP contribution in [0.1, 0.15) is 23.0 Å². The van der Waals surface area contributed by atoms with E-state index in [1.54, 1.807) is 12.1 Å². The van der Waals surface area contributed by atoms with Gasteiger partial charge in [0.05, 0.1) is 11.7 Å². The Morgan fingerprint density at radius 3 is 2.76 bits per heavy atom. The third-order valence-corrected chi connectivity index (χ3v) is 5.49. The van der Waals surface area contributed by atoms with E-state index in [9.17, 15) is 18.0 Å². The second kappa shape index (κ2) is 7.57. The number of benzene rings is 1. The highest BCUT2D eigenvalue weighted by Gasteiger charge is 2.32. The van der Waals surface area contributed by atoms with E-state index in [0.717, 1.165) is 11.3 Å². The average molecular weight is 421 g/mol. The molecule has 5 nitrogen and oxygen atoms in total. The Kier molecular flexibility index (Phi) is 5.10. The molecule has 0 spiro atoms. The van der Waals surface area contributed by atoms with Gasteiger partial charge in [0.25, 0.3) is 5.91 Å². The molecule has 0 aliphatic carbocycles. The summed E-state index contributed by atoms with van der Waals surface area (Å²) in [6, 6.07) is 9.40. The zero-order valence-corrected chi connectivity index (χ0v) is 16.0. The van der Waals surface area contributed by atoms with Crippen LogP contribution in [0.15, 0.2) is 47.2 Å². The van der Waals surface area contributed by atoms with E-state index in [4.69, 9.17) is 5.73 Å². The van der Waals surface area contributed by atoms with Gasteiger partial charge < -0.3 is 20.4 Å². The van der Waals surface area contributed by atoms with Crippen molar-refractivity contribution >= 4 is 17.2 Å². The summed E-state index contributed by atoms with van der Waals surface area (Å²) in [7, 11) is 0. The third-order valence-electron chi connectivity index (χ3n) is 4.81. The number of amides is 1. The lowest BCUT2D eigenvalue weighted by Gasteiger charge is -2.28. The van der Waals surface area contributed by atoms with Gasteiger partial charge in [-0.3, -0.25) is 4.79 Å². The van der Waals surface area contributed by atoms with E-state index in [2.05, 4.69) is 10.1 Å². The molecule has 1 aromatic carbocycles. The summed E-state index contributed by atoms with van der Waals surface area (Å²) in [4.78, 5) is 12.5. The predicted molar refractivity (Wildman–Crippen MR) is 105 cm³/mol. The lowest BCUT2D eigenvalue weighted by atomic mass is 10.0. The number of carbonyl (C=O) groups is 1. The molecule has 1 unspecified atom stereocenters. The molecule has 9 heteroatoms. The molecule has 3 N–H and O–H groups in total. The van der Waals surface area contributed by atoms with Gasteiger partial charge in [0, 0.05) is 23.1 Å². The monoisotopic (exact) mass is 421 g/mol. The Balaban J connectivity index is 1.90. The summed E-state index contributed by atoms with van der Waals surface area (Å²) in [5.41, 5.74) is 9.13. The molecule has 0 fully saturated rings. The summed E-state index contributed by atoms with van der Waals surface area (Å²) in [6.45, 7) is 0.900. The Hall–Kier alpha value is -2.78. The maximum absolute atomic E-state index is 12.7. The van der Waals surface area contributed by atoms with E-state index in [1.165, 1.54) is 29.5 Å². The van der Waals surface area contributed by atoms with Crippen LogP contribution in [0.5, 0.6) is 5.75 Å². The zero-order chi connectivity index (χ0) is 20.6. The number of aromatic nitrogens is 1. The Morgan fingerprint density at radius 1 is 1.24 bits per heavy atom. The van der Waals surface area contributed by atoms with Crippen LogP contribution in [0.3, 0.4) is 0 Å². The Labute approximate surface area is 168 Å². The van der Waals surface area contributed by atoms with Gasteiger partial charge in [0.15, 0.2) is 0 Å². The van der Waals surface area contributed by atoms with Crippen LogP contribution in [-0.2, 0) is 0 Å². The molecular weight excluding hydrogens is 403 g/mol. The van der Waals surface area contributed by atoms with Crippen molar-refractivity contribution in [1.29, 1.82) is 0 Å². The van der Waals surface area contributed by atoms with Crippen molar-refractivity contribution in [3.05, 3.63) is 52.9 Å². The number of ether oxygens (including phenoxy) is 1. The number of thiophene rings is 1. The van der Waals surface area contributed by atoms with Gasteiger partial charge in [0.2, 0.25) is 0 Å². The number of fused-ring (bicyclic) bond motifs is 1. The minimum Gasteiger partial charge on any atom is -0.406 e. The summed E-state index contributed by atoms with van der Waals surface area (Å²) in [5.74, 6) is -0.526. The molecule has 0 saturated carbocycles. The van der Waals surface area contributed by atoms with Gasteiger partial charge >= 0.3 is 6.36 Å². The Morgan fingerprint density at radius 2 is 2.07 bits per heavy atom. The minimum absolute atomic E-state index is 0.0362. The second-order valence-corrected chi connectivity index (χ2v) is 7.47. The molecule has 0 radical (unpaired) electrons. The lowest BCUT2D eigenvalue weighted by molar-refractivity contribution is -0.274. The summed E-state index contributed by atoms with van der Waals surface area (Å²) in [6.07, 6.45) is -4.11. The molecule has 2 aromatic heterocycles. The molecule has 0 bridgehead atoms. The largest absolute Gasteiger partial charge is 0.573 e. The molecule has 4 rings (SSSR count). The first kappa shape index (κ1) is 19.5. The quantitative estimate of drug-likeness (QED) is 0.641. The molecule has 29 heavy (non-hydrogen) atoms. The maximum atomic E-state index is 12.7. The Bertz CT molecular complexity index is 1030. The number of nitrogens with two attached hydrogens (primary N) is 1. The predicted octanol–water partition coefficient (Wildman–Crippen LogP) is 4.42. The number of carbonyl (C=O) groups excluding carboxylic acids is 1. The van der Waals surface area contributed by atoms with E-state index >= 15 is 0 Å². The molecule has 0 saturated heterocycles. The number of hydrogen-bond acceptors (Lipinski definition) is 4. The molecule has 152 valence electrons. The fourth-order valence-electron chi connectivity index (χ4n) is 3.67. The number of nitrogens with zero attached hydrogens (tertiary/aromatic N) is 1. The lowest BCUT2D eigenvalue weighted by Crippen LogP contribution is -2.39. The molecule has 1 atom stereocenters. The van der Waals surface area contributed by atoms with Crippen LogP contribution in [-0.4, -0.2) is 29.9 Å². The van der Waals surface area contributed by atoms with E-state index < -0.39 is 6.36 Å². The van der Waals surface area contributed by atoms with E-state index in [0.29, 0.717) is 36.3 Å². The van der Waals surface area contributed by atoms with Crippen molar-refractivity contribution in [2.75, 3.05) is 13.1 Å². The highest BCUT2D eigenvalue weighted by molar-refractivity contribution is 7.08. The maximum Gasteiger partial charge on any atom is 0.573 e. The zero-order valence-electron chi connectivity index (χ0n) is 15.2. The standard InChI is InChI=1S/C20H18F3N3O2S/c21-20(22,23)28-15-3-1-2-12(8-15)16-9-17-19(27)25-10-14(4-6-24)26(17)18(16)13-5-7-29-11-13/h1-3,5,7-9,11,14H,4,6,10,24H2,(H,25,27). The molecule has 3 heterocycles. The highest BCUT2D eigenvalue weighted by atomic mass is 32.1. The summed E-state index contributed by atoms with van der Waals surface area (Å²) in [5, 5.41) is 6.74. The second-order valence-electron chi connectivity index (χ2n) is 6.69. The van der Waals surface area contributed by atoms with Gasteiger partial charge in [-0.05, 0) is 48.2 Å². The fourth-order valence-corrected chi connectivity index (χ4v) is 4.31. The summed E-state index contributed by atoms with van der Waals surface area (Å²) >= 11 is 1.51. The SMILES string of the molecule is NCCC1CNC(=O)c2cc(-c3cccc(OC(F)(F)F)c3)c(-c3ccsc3)n21. The van der Waals surface area contributed by atoms with Crippen molar-refractivity contribution in [2.24, 2.45) is 5.73 Å². The molecular formula is C20H18F3N3O2S. The van der Waals surface area contributed by atoms with E-state index in [1.807, 2.05) is 21.4 Å². The molecule has 1 amide bonds. The normalized spacial score (nSPS) is 16.4. The van der Waals surface area contributed by atoms with Crippen molar-refractivity contribution < 1.29 is 22.7 Å². The molecule has 3 aromatic rings. The minimum atomic E-state index is -4.78. The van der Waals surface area contributed by atoms with Gasteiger partial charge in [-0.1, -0.05) is 12.1 Å². The van der Waals surface area contributed by atoms with Crippen LogP contribution < -0.4 is 15.8 Å². The van der Waals surface area contributed by atoms with Gasteiger partial charge in [-0.25, -0.2) is 0 Å². The van der Waals surface area contributed by atoms with Crippen LogP contribution in [0.25, 0.3) is 22.4 Å². The van der Waals surface area contributed by atoms with Gasteiger partial charge in [-0.15, -0.1) is 13.2 Å². The van der Waals surface area contributed by atoms with E-state index in [-0.39, 0.29) is 17.7 Å². The number of hydrogen-bond donors (Lipinski definition) is 2. The van der Waals surface area contributed by atoms with Crippen molar-refractivity contribution in [3.8, 4) is 28.1 Å². The first-order valence-corrected chi connectivity index (χ1v) is 9.94. The van der Waals surface area contributed by atoms with Gasteiger partial charge in [0.1, 0.15) is 11.4 Å². The summed E-state index contributed by atoms with van der Waals surface area (Å²) < 4.78 is 44.0. The van der Waals surface area contributed by atoms with Crippen LogP contribution in [0.4, 0.5) is 13.2 Å². The molecule has 1 aliphatic heterocycles. The number of nitrogens with one attached hydrogen (secondary N) is 1. The van der Waals surface area contributed by atoms with Crippen LogP contribution in [0, 0.1) is 0 Å². The van der Waals surface area contributed by atoms with Crippen LogP contribution >= 0.6 is 11.3 Å². The van der Waals surface area contributed by atoms with Crippen LogP contribution in [0.2, 0.25) is 0 Å². The van der Waals surface area contributed by atoms with Crippen molar-refractivity contribution in [3.63, 3.8) is 0 Å². The first-order chi connectivity index (χ1) is 13.9. The average Bonchev–Trinajstić information content (AvgIpc) is 3.30. The number of halogens is 3. The topological polar surface area (TPSA) is 69.3 Å². The fraction of sp³-hybridized carbons (Fsp3) is 0.250. The van der Waals surface area contributed by atoms with Crippen molar-refractivity contribution in [2.45, 2.75) is 18.8 Å².